The van der Waals surface area contributed by atoms with Crippen molar-refractivity contribution < 1.29 is 12.9 Å². The molecular weight excluding hydrogens is 438 g/mol. The fourth-order valence-corrected chi connectivity index (χ4v) is 5.27. The van der Waals surface area contributed by atoms with Crippen LogP contribution in [0.5, 0.6) is 0 Å². The first kappa shape index (κ1) is 21.3. The monoisotopic (exact) mass is 461 g/mol. The lowest BCUT2D eigenvalue weighted by molar-refractivity contribution is 0.384. The van der Waals surface area contributed by atoms with E-state index in [1.807, 2.05) is 49.4 Å². The quantitative estimate of drug-likeness (QED) is 0.448. The van der Waals surface area contributed by atoms with E-state index >= 15 is 0 Å². The van der Waals surface area contributed by atoms with Gasteiger partial charge in [0.05, 0.1) is 4.90 Å². The number of benzene rings is 2. The molecule has 0 aliphatic carbocycles. The summed E-state index contributed by atoms with van der Waals surface area (Å²) in [6.07, 6.45) is 1.74. The molecule has 8 nitrogen and oxygen atoms in total. The number of hydrogen-bond donors (Lipinski definition) is 0. The largest absolute Gasteiger partial charge is 0.354 e. The van der Waals surface area contributed by atoms with E-state index in [9.17, 15) is 8.42 Å². The maximum Gasteiger partial charge on any atom is 0.258 e. The number of sulfonamides is 1. The summed E-state index contributed by atoms with van der Waals surface area (Å²) >= 11 is 0. The van der Waals surface area contributed by atoms with Gasteiger partial charge in [-0.2, -0.15) is 9.29 Å². The maximum atomic E-state index is 13.3. The van der Waals surface area contributed by atoms with Gasteiger partial charge in [0.1, 0.15) is 5.82 Å². The second-order valence-electron chi connectivity index (χ2n) is 7.90. The van der Waals surface area contributed by atoms with Crippen LogP contribution in [0.2, 0.25) is 0 Å². The van der Waals surface area contributed by atoms with Gasteiger partial charge in [0.15, 0.2) is 0 Å². The van der Waals surface area contributed by atoms with Crippen molar-refractivity contribution in [3.8, 4) is 22.8 Å². The first-order valence-corrected chi connectivity index (χ1v) is 12.1. The van der Waals surface area contributed by atoms with Gasteiger partial charge in [0.25, 0.3) is 5.89 Å². The van der Waals surface area contributed by atoms with Crippen LogP contribution in [-0.2, 0) is 10.0 Å². The molecule has 168 valence electrons. The van der Waals surface area contributed by atoms with Gasteiger partial charge in [-0.3, -0.25) is 0 Å². The van der Waals surface area contributed by atoms with Gasteiger partial charge in [0, 0.05) is 43.5 Å². The van der Waals surface area contributed by atoms with Crippen LogP contribution in [-0.4, -0.2) is 54.0 Å². The maximum absolute atomic E-state index is 13.3. The first-order chi connectivity index (χ1) is 16.0. The molecule has 1 fully saturated rings. The Hall–Kier alpha value is -3.56. The molecule has 33 heavy (non-hydrogen) atoms. The summed E-state index contributed by atoms with van der Waals surface area (Å²) < 4.78 is 33.5. The first-order valence-electron chi connectivity index (χ1n) is 10.7. The van der Waals surface area contributed by atoms with Gasteiger partial charge in [-0.05, 0) is 37.3 Å². The Balaban J connectivity index is 1.34. The predicted octanol–water partition coefficient (Wildman–Crippen LogP) is 3.62. The Morgan fingerprint density at radius 2 is 1.67 bits per heavy atom. The Morgan fingerprint density at radius 1 is 0.879 bits per heavy atom. The van der Waals surface area contributed by atoms with Crippen LogP contribution in [0.3, 0.4) is 0 Å². The molecule has 0 spiro atoms. The Bertz CT molecular complexity index is 1350. The summed E-state index contributed by atoms with van der Waals surface area (Å²) in [6.45, 7) is 3.96. The Labute approximate surface area is 192 Å². The summed E-state index contributed by atoms with van der Waals surface area (Å²) in [5.41, 5.74) is 2.54. The van der Waals surface area contributed by atoms with Gasteiger partial charge >= 0.3 is 0 Å². The molecule has 0 atom stereocenters. The molecule has 0 unspecified atom stereocenters. The minimum absolute atomic E-state index is 0.210. The molecule has 2 aromatic carbocycles. The Kier molecular flexibility index (Phi) is 5.65. The van der Waals surface area contributed by atoms with E-state index in [2.05, 4.69) is 20.0 Å². The van der Waals surface area contributed by atoms with E-state index in [0.717, 1.165) is 16.9 Å². The van der Waals surface area contributed by atoms with Gasteiger partial charge in [-0.15, -0.1) is 0 Å². The van der Waals surface area contributed by atoms with Crippen molar-refractivity contribution in [3.05, 3.63) is 78.5 Å². The average molecular weight is 462 g/mol. The Morgan fingerprint density at radius 3 is 2.39 bits per heavy atom. The third kappa shape index (κ3) is 4.37. The molecule has 1 saturated heterocycles. The smallest absolute Gasteiger partial charge is 0.258 e. The highest BCUT2D eigenvalue weighted by molar-refractivity contribution is 7.89. The van der Waals surface area contributed by atoms with Crippen molar-refractivity contribution in [1.29, 1.82) is 0 Å². The molecule has 9 heteroatoms. The number of aromatic nitrogens is 3. The van der Waals surface area contributed by atoms with E-state index in [4.69, 9.17) is 4.52 Å². The summed E-state index contributed by atoms with van der Waals surface area (Å²) in [6, 6.07) is 20.2. The number of rotatable bonds is 5. The molecule has 0 saturated carbocycles. The van der Waals surface area contributed by atoms with E-state index in [1.54, 1.807) is 30.5 Å². The molecule has 2 aromatic heterocycles. The zero-order valence-corrected chi connectivity index (χ0v) is 18.9. The van der Waals surface area contributed by atoms with E-state index < -0.39 is 10.0 Å². The van der Waals surface area contributed by atoms with Gasteiger partial charge < -0.3 is 9.42 Å². The minimum Gasteiger partial charge on any atom is -0.354 e. The molecule has 4 aromatic rings. The zero-order chi connectivity index (χ0) is 22.8. The third-order valence-corrected chi connectivity index (χ3v) is 7.56. The van der Waals surface area contributed by atoms with E-state index in [1.165, 1.54) is 4.31 Å². The standard InChI is InChI=1S/C24H23N5O3S/c1-18-8-10-19(11-9-18)23-26-24(32-27-23)20-5-4-6-21(17-20)33(30,31)29-15-13-28(14-16-29)22-7-2-3-12-25-22/h2-12,17H,13-16H2,1H3. The van der Waals surface area contributed by atoms with E-state index in [-0.39, 0.29) is 10.8 Å². The SMILES string of the molecule is Cc1ccc(-c2noc(-c3cccc(S(=O)(=O)N4CCN(c5ccccn5)CC4)c3)n2)cc1. The summed E-state index contributed by atoms with van der Waals surface area (Å²) in [7, 11) is -3.65. The summed E-state index contributed by atoms with van der Waals surface area (Å²) in [5.74, 6) is 1.60. The average Bonchev–Trinajstić information content (AvgIpc) is 3.36. The van der Waals surface area contributed by atoms with Crippen LogP contribution in [0.25, 0.3) is 22.8 Å². The van der Waals surface area contributed by atoms with Crippen LogP contribution in [0.4, 0.5) is 5.82 Å². The van der Waals surface area contributed by atoms with Crippen molar-refractivity contribution in [2.24, 2.45) is 0 Å². The second-order valence-corrected chi connectivity index (χ2v) is 9.83. The molecule has 5 rings (SSSR count). The second kappa shape index (κ2) is 8.76. The summed E-state index contributed by atoms with van der Waals surface area (Å²) in [5, 5.41) is 4.05. The molecule has 3 heterocycles. The molecule has 1 aliphatic rings. The fourth-order valence-electron chi connectivity index (χ4n) is 3.80. The lowest BCUT2D eigenvalue weighted by Crippen LogP contribution is -2.48. The molecule has 0 amide bonds. The number of pyridine rings is 1. The molecular formula is C24H23N5O3S. The van der Waals surface area contributed by atoms with Crippen molar-refractivity contribution in [2.45, 2.75) is 11.8 Å². The van der Waals surface area contributed by atoms with Gasteiger partial charge in [0.2, 0.25) is 15.8 Å². The summed E-state index contributed by atoms with van der Waals surface area (Å²) in [4.78, 5) is 11.1. The van der Waals surface area contributed by atoms with Crippen molar-refractivity contribution in [2.75, 3.05) is 31.1 Å². The predicted molar refractivity (Wildman–Crippen MR) is 125 cm³/mol. The van der Waals surface area contributed by atoms with Crippen LogP contribution in [0.1, 0.15) is 5.56 Å². The lowest BCUT2D eigenvalue weighted by Gasteiger charge is -2.34. The van der Waals surface area contributed by atoms with Crippen molar-refractivity contribution in [3.63, 3.8) is 0 Å². The highest BCUT2D eigenvalue weighted by atomic mass is 32.2. The zero-order valence-electron chi connectivity index (χ0n) is 18.1. The van der Waals surface area contributed by atoms with Gasteiger partial charge in [-0.25, -0.2) is 13.4 Å². The van der Waals surface area contributed by atoms with Crippen LogP contribution >= 0.6 is 0 Å². The minimum atomic E-state index is -3.65. The molecule has 0 bridgehead atoms. The third-order valence-electron chi connectivity index (χ3n) is 5.67. The molecule has 1 aliphatic heterocycles. The van der Waals surface area contributed by atoms with Crippen molar-refractivity contribution >= 4 is 15.8 Å². The highest BCUT2D eigenvalue weighted by Gasteiger charge is 2.29. The number of nitrogens with zero attached hydrogens (tertiary/aromatic N) is 5. The van der Waals surface area contributed by atoms with Crippen LogP contribution < -0.4 is 4.90 Å². The van der Waals surface area contributed by atoms with Gasteiger partial charge in [-0.1, -0.05) is 47.1 Å². The van der Waals surface area contributed by atoms with Crippen molar-refractivity contribution in [1.82, 2.24) is 19.4 Å². The topological polar surface area (TPSA) is 92.4 Å². The molecule has 0 radical (unpaired) electrons. The number of hydrogen-bond acceptors (Lipinski definition) is 7. The highest BCUT2D eigenvalue weighted by Crippen LogP contribution is 2.26. The number of piperazine rings is 1. The normalized spacial score (nSPS) is 15.0. The number of aryl methyl sites for hydroxylation is 1. The van der Waals surface area contributed by atoms with Crippen LogP contribution in [0, 0.1) is 6.92 Å². The van der Waals surface area contributed by atoms with E-state index in [0.29, 0.717) is 37.6 Å². The number of anilines is 1. The van der Waals surface area contributed by atoms with Crippen LogP contribution in [0.15, 0.2) is 82.3 Å². The fraction of sp³-hybridized carbons (Fsp3) is 0.208. The lowest BCUT2D eigenvalue weighted by atomic mass is 10.1. The molecule has 0 N–H and O–H groups in total.